The molecule has 0 spiro atoms. The van der Waals surface area contributed by atoms with Crippen LogP contribution in [0.15, 0.2) is 0 Å². The molecule has 2 atom stereocenters. The fourth-order valence-corrected chi connectivity index (χ4v) is 2.35. The first-order valence-corrected chi connectivity index (χ1v) is 8.32. The van der Waals surface area contributed by atoms with Gasteiger partial charge in [-0.3, -0.25) is 9.59 Å². The number of carbonyl (C=O) groups excluding carboxylic acids is 2. The minimum atomic E-state index is -2.44. The lowest BCUT2D eigenvalue weighted by Crippen LogP contribution is -2.21. The van der Waals surface area contributed by atoms with Crippen molar-refractivity contribution in [1.29, 1.82) is 10.5 Å². The van der Waals surface area contributed by atoms with Crippen molar-refractivity contribution in [2.24, 2.45) is 0 Å². The number of nitrogens with zero attached hydrogens (tertiary/aromatic N) is 5. The topological polar surface area (TPSA) is 130 Å². The van der Waals surface area contributed by atoms with Gasteiger partial charge in [-0.25, -0.2) is 36.9 Å². The number of esters is 1. The van der Waals surface area contributed by atoms with Gasteiger partial charge in [0.05, 0.1) is 24.3 Å². The molecular formula is C18H10F5N5O3. The molecule has 2 unspecified atom stereocenters. The molecule has 1 aromatic heterocycles. The Balaban J connectivity index is 2.90. The lowest BCUT2D eigenvalue weighted by molar-refractivity contribution is -0.143. The molecule has 13 heteroatoms. The standard InChI is InChI=1S/C18H10F5N5O3/c1-3-31-18(30)8(5-25)16-26-15(7(4-24)6(2)29)27-17(28-16)9-10(19)12(21)14(23)13(22)11(9)20/h7-8H,3H2,1-2H3. The Morgan fingerprint density at radius 1 is 0.871 bits per heavy atom. The summed E-state index contributed by atoms with van der Waals surface area (Å²) in [6, 6.07) is 2.96. The van der Waals surface area contributed by atoms with Crippen LogP contribution in [0.5, 0.6) is 0 Å². The largest absolute Gasteiger partial charge is 0.465 e. The number of rotatable bonds is 6. The van der Waals surface area contributed by atoms with E-state index in [-0.39, 0.29) is 6.61 Å². The highest BCUT2D eigenvalue weighted by atomic mass is 19.2. The zero-order valence-corrected chi connectivity index (χ0v) is 15.7. The minimum Gasteiger partial charge on any atom is -0.465 e. The molecule has 160 valence electrons. The average molecular weight is 439 g/mol. The molecule has 2 rings (SSSR count). The smallest absolute Gasteiger partial charge is 0.331 e. The quantitative estimate of drug-likeness (QED) is 0.291. The van der Waals surface area contributed by atoms with Crippen LogP contribution in [0.2, 0.25) is 0 Å². The summed E-state index contributed by atoms with van der Waals surface area (Å²) in [5.74, 6) is -20.1. The minimum absolute atomic E-state index is 0.173. The van der Waals surface area contributed by atoms with E-state index in [1.165, 1.54) is 19.1 Å². The van der Waals surface area contributed by atoms with Crippen molar-refractivity contribution in [2.45, 2.75) is 25.7 Å². The number of benzene rings is 1. The number of Topliss-reactive ketones (excluding diaryl/α,β-unsaturated/α-hetero) is 1. The van der Waals surface area contributed by atoms with Gasteiger partial charge in [-0.15, -0.1) is 0 Å². The predicted octanol–water partition coefficient (Wildman–Crippen LogP) is 2.60. The Morgan fingerprint density at radius 3 is 1.74 bits per heavy atom. The van der Waals surface area contributed by atoms with Crippen molar-refractivity contribution in [3.63, 3.8) is 0 Å². The SMILES string of the molecule is CCOC(=O)C(C#N)c1nc(-c2c(F)c(F)c(F)c(F)c2F)nc(C(C#N)C(C)=O)n1. The van der Waals surface area contributed by atoms with Crippen molar-refractivity contribution >= 4 is 11.8 Å². The molecule has 0 radical (unpaired) electrons. The number of carbonyl (C=O) groups is 2. The van der Waals surface area contributed by atoms with Gasteiger partial charge in [0.25, 0.3) is 0 Å². The third-order valence-corrected chi connectivity index (χ3v) is 3.81. The highest BCUT2D eigenvalue weighted by Crippen LogP contribution is 2.31. The van der Waals surface area contributed by atoms with E-state index in [1.807, 2.05) is 0 Å². The number of nitriles is 2. The summed E-state index contributed by atoms with van der Waals surface area (Å²) in [4.78, 5) is 34.3. The van der Waals surface area contributed by atoms with Crippen LogP contribution < -0.4 is 0 Å². The molecule has 31 heavy (non-hydrogen) atoms. The zero-order chi connectivity index (χ0) is 23.5. The van der Waals surface area contributed by atoms with Crippen molar-refractivity contribution in [1.82, 2.24) is 15.0 Å². The Morgan fingerprint density at radius 2 is 1.32 bits per heavy atom. The molecule has 8 nitrogen and oxygen atoms in total. The van der Waals surface area contributed by atoms with Crippen LogP contribution >= 0.6 is 0 Å². The van der Waals surface area contributed by atoms with E-state index in [1.54, 1.807) is 0 Å². The molecule has 0 fully saturated rings. The van der Waals surface area contributed by atoms with Gasteiger partial charge >= 0.3 is 5.97 Å². The van der Waals surface area contributed by atoms with Gasteiger partial charge in [-0.05, 0) is 13.8 Å². The van der Waals surface area contributed by atoms with E-state index in [4.69, 9.17) is 0 Å². The second-order valence-corrected chi connectivity index (χ2v) is 5.81. The van der Waals surface area contributed by atoms with Gasteiger partial charge in [0.1, 0.15) is 0 Å². The summed E-state index contributed by atoms with van der Waals surface area (Å²) in [7, 11) is 0. The fourth-order valence-electron chi connectivity index (χ4n) is 2.35. The molecular weight excluding hydrogens is 429 g/mol. The monoisotopic (exact) mass is 439 g/mol. The molecule has 0 N–H and O–H groups in total. The van der Waals surface area contributed by atoms with E-state index in [2.05, 4.69) is 19.7 Å². The molecule has 0 amide bonds. The summed E-state index contributed by atoms with van der Waals surface area (Å²) in [6.45, 7) is 2.18. The van der Waals surface area contributed by atoms with Crippen LogP contribution in [0.3, 0.4) is 0 Å². The molecule has 0 saturated carbocycles. The maximum atomic E-state index is 14.2. The Labute approximate surface area is 170 Å². The number of hydrogen-bond acceptors (Lipinski definition) is 8. The lowest BCUT2D eigenvalue weighted by Gasteiger charge is -2.13. The second-order valence-electron chi connectivity index (χ2n) is 5.81. The van der Waals surface area contributed by atoms with Crippen LogP contribution in [0, 0.1) is 51.7 Å². The lowest BCUT2D eigenvalue weighted by atomic mass is 10.1. The number of hydrogen-bond donors (Lipinski definition) is 0. The third kappa shape index (κ3) is 4.30. The normalized spacial score (nSPS) is 12.4. The van der Waals surface area contributed by atoms with Crippen LogP contribution in [-0.4, -0.2) is 33.3 Å². The first-order chi connectivity index (χ1) is 14.6. The highest BCUT2D eigenvalue weighted by molar-refractivity contribution is 5.85. The first kappa shape index (κ1) is 23.3. The zero-order valence-electron chi connectivity index (χ0n) is 15.7. The molecule has 0 aliphatic heterocycles. The van der Waals surface area contributed by atoms with E-state index in [0.29, 0.717) is 0 Å². The maximum Gasteiger partial charge on any atom is 0.331 e. The molecule has 0 bridgehead atoms. The van der Waals surface area contributed by atoms with Crippen molar-refractivity contribution < 1.29 is 36.3 Å². The van der Waals surface area contributed by atoms with E-state index < -0.39 is 75.7 Å². The average Bonchev–Trinajstić information content (AvgIpc) is 2.72. The van der Waals surface area contributed by atoms with Gasteiger partial charge in [-0.2, -0.15) is 10.5 Å². The predicted molar refractivity (Wildman–Crippen MR) is 89.1 cm³/mol. The van der Waals surface area contributed by atoms with E-state index in [0.717, 1.165) is 6.92 Å². The van der Waals surface area contributed by atoms with Crippen LogP contribution in [0.25, 0.3) is 11.4 Å². The van der Waals surface area contributed by atoms with Crippen molar-refractivity contribution in [2.75, 3.05) is 6.61 Å². The summed E-state index contributed by atoms with van der Waals surface area (Å²) >= 11 is 0. The molecule has 2 aromatic rings. The molecule has 1 heterocycles. The molecule has 0 saturated heterocycles. The van der Waals surface area contributed by atoms with Crippen LogP contribution in [0.1, 0.15) is 37.3 Å². The summed E-state index contributed by atoms with van der Waals surface area (Å²) < 4.78 is 73.8. The molecule has 1 aromatic carbocycles. The van der Waals surface area contributed by atoms with Crippen molar-refractivity contribution in [3.8, 4) is 23.5 Å². The van der Waals surface area contributed by atoms with Gasteiger partial charge in [0.15, 0.2) is 52.4 Å². The number of ketones is 1. The van der Waals surface area contributed by atoms with Gasteiger partial charge in [0.2, 0.25) is 11.7 Å². The van der Waals surface area contributed by atoms with E-state index in [9.17, 15) is 42.1 Å². The van der Waals surface area contributed by atoms with Gasteiger partial charge in [0, 0.05) is 0 Å². The Bertz CT molecular complexity index is 1130. The summed E-state index contributed by atoms with van der Waals surface area (Å²) in [5, 5.41) is 18.4. The molecule has 0 aliphatic rings. The Hall–Kier alpha value is -4.00. The summed E-state index contributed by atoms with van der Waals surface area (Å²) in [5.41, 5.74) is -1.60. The number of ether oxygens (including phenoxy) is 1. The highest BCUT2D eigenvalue weighted by Gasteiger charge is 2.33. The third-order valence-electron chi connectivity index (χ3n) is 3.81. The number of aromatic nitrogens is 3. The van der Waals surface area contributed by atoms with Gasteiger partial charge in [-0.1, -0.05) is 0 Å². The van der Waals surface area contributed by atoms with E-state index >= 15 is 0 Å². The second kappa shape index (κ2) is 9.21. The molecule has 0 aliphatic carbocycles. The van der Waals surface area contributed by atoms with Crippen LogP contribution in [0.4, 0.5) is 22.0 Å². The van der Waals surface area contributed by atoms with Gasteiger partial charge < -0.3 is 4.74 Å². The van der Waals surface area contributed by atoms with Crippen LogP contribution in [-0.2, 0) is 14.3 Å². The Kier molecular flexibility index (Phi) is 6.92. The number of halogens is 5. The maximum absolute atomic E-state index is 14.2. The fraction of sp³-hybridized carbons (Fsp3) is 0.278. The van der Waals surface area contributed by atoms with Crippen molar-refractivity contribution in [3.05, 3.63) is 40.7 Å². The first-order valence-electron chi connectivity index (χ1n) is 8.32. The summed E-state index contributed by atoms with van der Waals surface area (Å²) in [6.07, 6.45) is 0.